The summed E-state index contributed by atoms with van der Waals surface area (Å²) in [5, 5.41) is 0. The third-order valence-corrected chi connectivity index (χ3v) is 5.05. The summed E-state index contributed by atoms with van der Waals surface area (Å²) in [7, 11) is 3.42. The van der Waals surface area contributed by atoms with Crippen LogP contribution in [0, 0.1) is 0 Å². The lowest BCUT2D eigenvalue weighted by Gasteiger charge is -2.31. The van der Waals surface area contributed by atoms with E-state index in [1.54, 1.807) is 20.5 Å². The maximum Gasteiger partial charge on any atom is 0.124 e. The molecular formula is C21H24N2O3. The number of aryl methyl sites for hydroxylation is 1. The van der Waals surface area contributed by atoms with Crippen LogP contribution in [0.1, 0.15) is 29.3 Å². The lowest BCUT2D eigenvalue weighted by molar-refractivity contribution is 0.215. The second kappa shape index (κ2) is 7.30. The predicted molar refractivity (Wildman–Crippen MR) is 99.6 cm³/mol. The second-order valence-corrected chi connectivity index (χ2v) is 6.59. The van der Waals surface area contributed by atoms with Crippen molar-refractivity contribution in [3.05, 3.63) is 71.9 Å². The van der Waals surface area contributed by atoms with E-state index in [2.05, 4.69) is 33.9 Å². The molecule has 5 heteroatoms. The van der Waals surface area contributed by atoms with Gasteiger partial charge in [0.15, 0.2) is 0 Å². The summed E-state index contributed by atoms with van der Waals surface area (Å²) in [6.45, 7) is 2.84. The summed E-state index contributed by atoms with van der Waals surface area (Å²) in [6, 6.07) is 12.5. The number of hydrogen-bond donors (Lipinski definition) is 0. The third-order valence-electron chi connectivity index (χ3n) is 5.05. The van der Waals surface area contributed by atoms with Gasteiger partial charge in [-0.2, -0.15) is 0 Å². The number of fused-ring (bicyclic) bond motifs is 1. The molecule has 1 aliphatic heterocycles. The highest BCUT2D eigenvalue weighted by Gasteiger charge is 2.30. The number of rotatable bonds is 5. The van der Waals surface area contributed by atoms with Gasteiger partial charge in [-0.05, 0) is 42.8 Å². The van der Waals surface area contributed by atoms with Gasteiger partial charge < -0.3 is 18.5 Å². The van der Waals surface area contributed by atoms with Crippen molar-refractivity contribution in [2.45, 2.75) is 25.6 Å². The Morgan fingerprint density at radius 2 is 2.04 bits per heavy atom. The average Bonchev–Trinajstić information content (AvgIpc) is 3.31. The van der Waals surface area contributed by atoms with Gasteiger partial charge in [-0.1, -0.05) is 0 Å². The molecule has 0 amide bonds. The van der Waals surface area contributed by atoms with Crippen LogP contribution in [0.15, 0.2) is 59.5 Å². The van der Waals surface area contributed by atoms with Crippen LogP contribution in [0.3, 0.4) is 0 Å². The molecule has 3 aromatic rings. The Hall–Kier alpha value is -2.66. The number of aromatic nitrogens is 1. The van der Waals surface area contributed by atoms with Gasteiger partial charge in [-0.3, -0.25) is 4.90 Å². The molecule has 0 spiro atoms. The maximum atomic E-state index is 5.70. The molecule has 0 N–H and O–H groups in total. The number of ether oxygens (including phenoxy) is 2. The number of nitrogens with zero attached hydrogens (tertiary/aromatic N) is 2. The largest absolute Gasteiger partial charge is 0.497 e. The molecule has 1 atom stereocenters. The predicted octanol–water partition coefficient (Wildman–Crippen LogP) is 4.09. The molecule has 1 aliphatic rings. The fraction of sp³-hybridized carbons (Fsp3) is 0.333. The molecule has 5 nitrogen and oxygen atoms in total. The molecule has 0 saturated carbocycles. The minimum atomic E-state index is 0.0902. The van der Waals surface area contributed by atoms with Crippen LogP contribution in [-0.2, 0) is 13.1 Å². The van der Waals surface area contributed by atoms with Crippen LogP contribution in [0.25, 0.3) is 0 Å². The maximum absolute atomic E-state index is 5.70. The average molecular weight is 352 g/mol. The summed E-state index contributed by atoms with van der Waals surface area (Å²) in [4.78, 5) is 2.49. The van der Waals surface area contributed by atoms with Gasteiger partial charge in [0.05, 0.1) is 32.8 Å². The normalized spacial score (nSPS) is 17.5. The van der Waals surface area contributed by atoms with Crippen molar-refractivity contribution in [3.8, 4) is 11.5 Å². The van der Waals surface area contributed by atoms with Crippen molar-refractivity contribution in [1.29, 1.82) is 0 Å². The van der Waals surface area contributed by atoms with Crippen LogP contribution in [-0.4, -0.2) is 30.2 Å². The fourth-order valence-electron chi connectivity index (χ4n) is 3.84. The Labute approximate surface area is 153 Å². The summed E-state index contributed by atoms with van der Waals surface area (Å²) in [5.74, 6) is 1.72. The summed E-state index contributed by atoms with van der Waals surface area (Å²) < 4.78 is 18.8. The van der Waals surface area contributed by atoms with E-state index in [4.69, 9.17) is 13.9 Å². The highest BCUT2D eigenvalue weighted by atomic mass is 16.5. The molecule has 0 saturated heterocycles. The first kappa shape index (κ1) is 16.8. The molecule has 0 aliphatic carbocycles. The molecule has 3 heterocycles. The van der Waals surface area contributed by atoms with E-state index in [9.17, 15) is 0 Å². The Morgan fingerprint density at radius 3 is 2.81 bits per heavy atom. The molecule has 0 fully saturated rings. The molecule has 136 valence electrons. The lowest BCUT2D eigenvalue weighted by atomic mass is 9.99. The van der Waals surface area contributed by atoms with Gasteiger partial charge in [-0.15, -0.1) is 0 Å². The van der Waals surface area contributed by atoms with E-state index >= 15 is 0 Å². The van der Waals surface area contributed by atoms with Gasteiger partial charge in [0, 0.05) is 42.7 Å². The first-order valence-corrected chi connectivity index (χ1v) is 8.92. The smallest absolute Gasteiger partial charge is 0.124 e. The molecule has 4 rings (SSSR count). The summed E-state index contributed by atoms with van der Waals surface area (Å²) in [5.41, 5.74) is 3.58. The van der Waals surface area contributed by atoms with Gasteiger partial charge >= 0.3 is 0 Å². The Morgan fingerprint density at radius 1 is 1.12 bits per heavy atom. The van der Waals surface area contributed by atoms with Crippen LogP contribution < -0.4 is 9.47 Å². The second-order valence-electron chi connectivity index (χ2n) is 6.59. The number of benzene rings is 1. The number of hydrogen-bond acceptors (Lipinski definition) is 4. The first-order valence-electron chi connectivity index (χ1n) is 8.92. The van der Waals surface area contributed by atoms with Crippen molar-refractivity contribution in [2.24, 2.45) is 0 Å². The molecule has 26 heavy (non-hydrogen) atoms. The molecule has 1 aromatic carbocycles. The topological polar surface area (TPSA) is 39.8 Å². The van der Waals surface area contributed by atoms with Gasteiger partial charge in [0.1, 0.15) is 11.5 Å². The van der Waals surface area contributed by atoms with Gasteiger partial charge in [-0.25, -0.2) is 0 Å². The van der Waals surface area contributed by atoms with Crippen molar-refractivity contribution < 1.29 is 13.9 Å². The molecule has 0 radical (unpaired) electrons. The zero-order valence-electron chi connectivity index (χ0n) is 15.2. The van der Waals surface area contributed by atoms with Crippen LogP contribution >= 0.6 is 0 Å². The van der Waals surface area contributed by atoms with E-state index in [1.165, 1.54) is 11.3 Å². The Kier molecular flexibility index (Phi) is 4.71. The minimum absolute atomic E-state index is 0.0902. The Balaban J connectivity index is 1.82. The van der Waals surface area contributed by atoms with E-state index < -0.39 is 0 Å². The first-order chi connectivity index (χ1) is 12.8. The van der Waals surface area contributed by atoms with Gasteiger partial charge in [0.2, 0.25) is 0 Å². The number of furan rings is 1. The van der Waals surface area contributed by atoms with Crippen molar-refractivity contribution >= 4 is 0 Å². The van der Waals surface area contributed by atoms with Crippen molar-refractivity contribution in [2.75, 3.05) is 20.8 Å². The third kappa shape index (κ3) is 3.10. The van der Waals surface area contributed by atoms with E-state index in [1.807, 2.05) is 24.5 Å². The molecule has 2 aromatic heterocycles. The molecular weight excluding hydrogens is 328 g/mol. The lowest BCUT2D eigenvalue weighted by Crippen LogP contribution is -2.29. The van der Waals surface area contributed by atoms with Gasteiger partial charge in [0.25, 0.3) is 0 Å². The quantitative estimate of drug-likeness (QED) is 0.693. The summed E-state index contributed by atoms with van der Waals surface area (Å²) >= 11 is 0. The molecule has 1 unspecified atom stereocenters. The van der Waals surface area contributed by atoms with Crippen molar-refractivity contribution in [3.63, 3.8) is 0 Å². The SMILES string of the molecule is COc1ccc(OC)c(C2c3cccn3CCCN2Cc2ccoc2)c1. The number of methoxy groups -OCH3 is 2. The monoisotopic (exact) mass is 352 g/mol. The van der Waals surface area contributed by atoms with E-state index in [0.29, 0.717) is 0 Å². The molecule has 0 bridgehead atoms. The summed E-state index contributed by atoms with van der Waals surface area (Å²) in [6.07, 6.45) is 6.82. The van der Waals surface area contributed by atoms with Crippen molar-refractivity contribution in [1.82, 2.24) is 9.47 Å². The fourth-order valence-corrected chi connectivity index (χ4v) is 3.84. The van der Waals surface area contributed by atoms with E-state index in [0.717, 1.165) is 43.1 Å². The van der Waals surface area contributed by atoms with Crippen LogP contribution in [0.2, 0.25) is 0 Å². The van der Waals surface area contributed by atoms with E-state index in [-0.39, 0.29) is 6.04 Å². The minimum Gasteiger partial charge on any atom is -0.497 e. The highest BCUT2D eigenvalue weighted by molar-refractivity contribution is 5.45. The van der Waals surface area contributed by atoms with Crippen LogP contribution in [0.4, 0.5) is 0 Å². The zero-order chi connectivity index (χ0) is 17.9. The Bertz CT molecular complexity index is 854. The zero-order valence-corrected chi connectivity index (χ0v) is 15.2. The standard InChI is InChI=1S/C21H24N2O3/c1-24-17-6-7-20(25-2)18(13-17)21-19-5-3-9-22(19)10-4-11-23(21)14-16-8-12-26-15-16/h3,5-9,12-13,15,21H,4,10-11,14H2,1-2H3. The van der Waals surface area contributed by atoms with Crippen LogP contribution in [0.5, 0.6) is 11.5 Å². The highest BCUT2D eigenvalue weighted by Crippen LogP contribution is 2.39.